The number of benzene rings is 1. The molecule has 0 aliphatic heterocycles. The minimum atomic E-state index is -0.367. The molecule has 22 heavy (non-hydrogen) atoms. The summed E-state index contributed by atoms with van der Waals surface area (Å²) < 4.78 is 0. The van der Waals surface area contributed by atoms with Crippen molar-refractivity contribution in [2.24, 2.45) is 0 Å². The second-order valence-electron chi connectivity index (χ2n) is 4.24. The van der Waals surface area contributed by atoms with Crippen LogP contribution in [-0.2, 0) is 0 Å². The Labute approximate surface area is 130 Å². The number of hydrogen-bond donors (Lipinski definition) is 1. The van der Waals surface area contributed by atoms with Gasteiger partial charge in [-0.1, -0.05) is 12.1 Å². The van der Waals surface area contributed by atoms with Crippen LogP contribution >= 0.6 is 11.3 Å². The number of nitriles is 1. The quantitative estimate of drug-likeness (QED) is 0.803. The zero-order valence-corrected chi connectivity index (χ0v) is 12.0. The Morgan fingerprint density at radius 2 is 2.14 bits per heavy atom. The molecule has 0 radical (unpaired) electrons. The van der Waals surface area contributed by atoms with Gasteiger partial charge in [-0.3, -0.25) is 14.8 Å². The molecule has 106 valence electrons. The predicted molar refractivity (Wildman–Crippen MR) is 82.3 cm³/mol. The van der Waals surface area contributed by atoms with Gasteiger partial charge in [-0.15, -0.1) is 11.3 Å². The molecule has 0 saturated heterocycles. The lowest BCUT2D eigenvalue weighted by Gasteiger charge is -2.04. The van der Waals surface area contributed by atoms with Gasteiger partial charge in [0.2, 0.25) is 0 Å². The number of nitrogens with one attached hydrogen (secondary N) is 1. The van der Waals surface area contributed by atoms with E-state index in [9.17, 15) is 4.79 Å². The summed E-state index contributed by atoms with van der Waals surface area (Å²) in [5.74, 6) is -0.367. The lowest BCUT2D eigenvalue weighted by molar-refractivity contribution is 0.102. The normalized spacial score (nSPS) is 9.95. The molecule has 1 aromatic carbocycles. The highest BCUT2D eigenvalue weighted by Crippen LogP contribution is 2.22. The summed E-state index contributed by atoms with van der Waals surface area (Å²) in [5, 5.41) is 14.0. The fraction of sp³-hybridized carbons (Fsp3) is 0. The van der Waals surface area contributed by atoms with Gasteiger partial charge in [-0.05, 0) is 12.1 Å². The Kier molecular flexibility index (Phi) is 3.85. The van der Waals surface area contributed by atoms with E-state index in [-0.39, 0.29) is 11.6 Å². The molecule has 3 rings (SSSR count). The highest BCUT2D eigenvalue weighted by molar-refractivity contribution is 7.13. The van der Waals surface area contributed by atoms with Gasteiger partial charge in [0, 0.05) is 17.8 Å². The first-order valence-corrected chi connectivity index (χ1v) is 7.18. The Bertz CT molecular complexity index is 854. The van der Waals surface area contributed by atoms with Crippen molar-refractivity contribution in [2.45, 2.75) is 0 Å². The highest BCUT2D eigenvalue weighted by atomic mass is 32.1. The van der Waals surface area contributed by atoms with Crippen LogP contribution in [-0.4, -0.2) is 20.9 Å². The summed E-state index contributed by atoms with van der Waals surface area (Å²) in [5.41, 5.74) is 1.76. The third-order valence-corrected chi connectivity index (χ3v) is 3.68. The third kappa shape index (κ3) is 2.82. The lowest BCUT2D eigenvalue weighted by atomic mass is 10.2. The molecule has 3 aromatic rings. The SMILES string of the molecule is N#Cc1ccccc1NC(=O)c1csc(-c2cnccn2)n1. The van der Waals surface area contributed by atoms with Crippen molar-refractivity contribution in [2.75, 3.05) is 5.32 Å². The molecule has 7 heteroatoms. The number of para-hydroxylation sites is 1. The smallest absolute Gasteiger partial charge is 0.275 e. The van der Waals surface area contributed by atoms with Gasteiger partial charge in [-0.25, -0.2) is 4.98 Å². The van der Waals surface area contributed by atoms with E-state index in [2.05, 4.69) is 20.3 Å². The van der Waals surface area contributed by atoms with E-state index < -0.39 is 0 Å². The van der Waals surface area contributed by atoms with E-state index in [0.29, 0.717) is 22.0 Å². The number of hydrogen-bond acceptors (Lipinski definition) is 6. The maximum Gasteiger partial charge on any atom is 0.275 e. The Morgan fingerprint density at radius 3 is 2.91 bits per heavy atom. The molecule has 1 N–H and O–H groups in total. The van der Waals surface area contributed by atoms with Crippen LogP contribution in [0, 0.1) is 11.3 Å². The Morgan fingerprint density at radius 1 is 1.27 bits per heavy atom. The summed E-state index contributed by atoms with van der Waals surface area (Å²) in [6.45, 7) is 0. The first-order chi connectivity index (χ1) is 10.8. The van der Waals surface area contributed by atoms with Crippen LogP contribution in [0.5, 0.6) is 0 Å². The van der Waals surface area contributed by atoms with Crippen molar-refractivity contribution >= 4 is 22.9 Å². The topological polar surface area (TPSA) is 91.6 Å². The zero-order valence-electron chi connectivity index (χ0n) is 11.2. The molecular weight excluding hydrogens is 298 g/mol. The summed E-state index contributed by atoms with van der Waals surface area (Å²) >= 11 is 1.31. The van der Waals surface area contributed by atoms with Crippen molar-refractivity contribution in [3.8, 4) is 16.8 Å². The first-order valence-electron chi connectivity index (χ1n) is 6.30. The van der Waals surface area contributed by atoms with Crippen LogP contribution in [0.25, 0.3) is 10.7 Å². The summed E-state index contributed by atoms with van der Waals surface area (Å²) in [6, 6.07) is 8.84. The van der Waals surface area contributed by atoms with Crippen molar-refractivity contribution in [3.05, 3.63) is 59.5 Å². The molecule has 0 aliphatic rings. The van der Waals surface area contributed by atoms with Crippen molar-refractivity contribution < 1.29 is 4.79 Å². The van der Waals surface area contributed by atoms with E-state index in [1.807, 2.05) is 6.07 Å². The monoisotopic (exact) mass is 307 g/mol. The van der Waals surface area contributed by atoms with Crippen LogP contribution in [0.4, 0.5) is 5.69 Å². The zero-order chi connectivity index (χ0) is 15.4. The molecule has 0 saturated carbocycles. The number of amides is 1. The number of carbonyl (C=O) groups is 1. The molecular formula is C15H9N5OS. The van der Waals surface area contributed by atoms with Gasteiger partial charge in [0.05, 0.1) is 17.4 Å². The molecule has 0 aliphatic carbocycles. The largest absolute Gasteiger partial charge is 0.319 e. The van der Waals surface area contributed by atoms with E-state index >= 15 is 0 Å². The van der Waals surface area contributed by atoms with Crippen molar-refractivity contribution in [1.82, 2.24) is 15.0 Å². The van der Waals surface area contributed by atoms with Gasteiger partial charge in [0.25, 0.3) is 5.91 Å². The van der Waals surface area contributed by atoms with Gasteiger partial charge < -0.3 is 5.32 Å². The molecule has 6 nitrogen and oxygen atoms in total. The van der Waals surface area contributed by atoms with Crippen LogP contribution in [0.1, 0.15) is 16.1 Å². The fourth-order valence-electron chi connectivity index (χ4n) is 1.78. The first kappa shape index (κ1) is 13.9. The number of carbonyl (C=O) groups excluding carboxylic acids is 1. The van der Waals surface area contributed by atoms with Crippen LogP contribution in [0.15, 0.2) is 48.2 Å². The van der Waals surface area contributed by atoms with Gasteiger partial charge in [0.15, 0.2) is 0 Å². The number of nitrogens with zero attached hydrogens (tertiary/aromatic N) is 4. The summed E-state index contributed by atoms with van der Waals surface area (Å²) in [6.07, 6.45) is 4.73. The number of aromatic nitrogens is 3. The molecule has 0 atom stereocenters. The maximum atomic E-state index is 12.2. The van der Waals surface area contributed by atoms with Crippen molar-refractivity contribution in [1.29, 1.82) is 5.26 Å². The van der Waals surface area contributed by atoms with E-state index in [1.54, 1.807) is 48.2 Å². The molecule has 0 unspecified atom stereocenters. The second-order valence-corrected chi connectivity index (χ2v) is 5.10. The van der Waals surface area contributed by atoms with Gasteiger partial charge >= 0.3 is 0 Å². The number of thiazole rings is 1. The summed E-state index contributed by atoms with van der Waals surface area (Å²) in [4.78, 5) is 24.6. The molecule has 0 spiro atoms. The van der Waals surface area contributed by atoms with E-state index in [1.165, 1.54) is 11.3 Å². The third-order valence-electron chi connectivity index (χ3n) is 2.81. The lowest BCUT2D eigenvalue weighted by Crippen LogP contribution is -2.13. The second kappa shape index (κ2) is 6.11. The van der Waals surface area contributed by atoms with E-state index in [4.69, 9.17) is 5.26 Å². The Balaban J connectivity index is 1.82. The van der Waals surface area contributed by atoms with E-state index in [0.717, 1.165) is 0 Å². The minimum absolute atomic E-state index is 0.276. The maximum absolute atomic E-state index is 12.2. The van der Waals surface area contributed by atoms with Gasteiger partial charge in [-0.2, -0.15) is 5.26 Å². The molecule has 0 fully saturated rings. The van der Waals surface area contributed by atoms with Crippen LogP contribution < -0.4 is 5.32 Å². The fourth-order valence-corrected chi connectivity index (χ4v) is 2.54. The number of anilines is 1. The molecule has 1 amide bonds. The molecule has 0 bridgehead atoms. The van der Waals surface area contributed by atoms with Crippen LogP contribution in [0.3, 0.4) is 0 Å². The highest BCUT2D eigenvalue weighted by Gasteiger charge is 2.14. The van der Waals surface area contributed by atoms with Gasteiger partial charge in [0.1, 0.15) is 22.5 Å². The van der Waals surface area contributed by atoms with Crippen LogP contribution in [0.2, 0.25) is 0 Å². The van der Waals surface area contributed by atoms with Crippen molar-refractivity contribution in [3.63, 3.8) is 0 Å². The predicted octanol–water partition coefficient (Wildman–Crippen LogP) is 2.72. The average Bonchev–Trinajstić information content (AvgIpc) is 3.06. The number of rotatable bonds is 3. The Hall–Kier alpha value is -3.11. The minimum Gasteiger partial charge on any atom is -0.319 e. The average molecular weight is 307 g/mol. The standard InChI is InChI=1S/C15H9N5OS/c16-7-10-3-1-2-4-11(10)19-14(21)13-9-22-15(20-13)12-8-17-5-6-18-12/h1-6,8-9H,(H,19,21). The summed E-state index contributed by atoms with van der Waals surface area (Å²) in [7, 11) is 0. The molecule has 2 heterocycles. The molecule has 2 aromatic heterocycles.